The van der Waals surface area contributed by atoms with E-state index in [-0.39, 0.29) is 5.91 Å². The normalized spacial score (nSPS) is 22.2. The summed E-state index contributed by atoms with van der Waals surface area (Å²) in [5.41, 5.74) is 5.68. The summed E-state index contributed by atoms with van der Waals surface area (Å²) in [6, 6.07) is 15.5. The molecule has 0 saturated carbocycles. The Morgan fingerprint density at radius 1 is 1.18 bits per heavy atom. The molecule has 0 aliphatic carbocycles. The number of fused-ring (bicyclic) bond motifs is 2. The number of carbonyl (C=O) groups is 1. The fourth-order valence-corrected chi connectivity index (χ4v) is 4.05. The third-order valence-electron chi connectivity index (χ3n) is 3.66. The number of nitrogens with two attached hydrogens (primary N) is 1. The Morgan fingerprint density at radius 2 is 2.00 bits per heavy atom. The molecule has 1 unspecified atom stereocenters. The van der Waals surface area contributed by atoms with E-state index in [1.54, 1.807) is 0 Å². The van der Waals surface area contributed by atoms with Crippen LogP contribution in [0.1, 0.15) is 11.1 Å². The number of anilines is 1. The Labute approximate surface area is 135 Å². The monoisotopic (exact) mass is 328 g/mol. The van der Waals surface area contributed by atoms with E-state index in [9.17, 15) is 4.79 Å². The predicted octanol–water partition coefficient (Wildman–Crippen LogP) is 2.46. The Balaban J connectivity index is 1.74. The van der Waals surface area contributed by atoms with Gasteiger partial charge in [-0.2, -0.15) is 5.10 Å². The zero-order valence-corrected chi connectivity index (χ0v) is 13.0. The molecule has 22 heavy (non-hydrogen) atoms. The molecule has 0 radical (unpaired) electrons. The summed E-state index contributed by atoms with van der Waals surface area (Å²) in [6.07, 6.45) is 0. The van der Waals surface area contributed by atoms with Crippen LogP contribution < -0.4 is 15.9 Å². The largest absolute Gasteiger partial charge is 0.323 e. The lowest BCUT2D eigenvalue weighted by atomic mass is 10.1. The lowest BCUT2D eigenvalue weighted by molar-refractivity contribution is -0.118. The zero-order valence-electron chi connectivity index (χ0n) is 11.4. The molecule has 2 aromatic rings. The van der Waals surface area contributed by atoms with Crippen molar-refractivity contribution in [1.82, 2.24) is 5.43 Å². The third kappa shape index (κ3) is 1.93. The minimum absolute atomic E-state index is 0.110. The van der Waals surface area contributed by atoms with Gasteiger partial charge in [-0.1, -0.05) is 42.1 Å². The number of thioether (sulfide) groups is 1. The van der Waals surface area contributed by atoms with Gasteiger partial charge in [-0.05, 0) is 30.1 Å². The topological polar surface area (TPSA) is 79.5 Å². The van der Waals surface area contributed by atoms with Crippen LogP contribution in [0.4, 0.5) is 5.69 Å². The summed E-state index contributed by atoms with van der Waals surface area (Å²) in [4.78, 5) is 12.5. The first kappa shape index (κ1) is 13.7. The highest BCUT2D eigenvalue weighted by Gasteiger charge is 2.52. The average Bonchev–Trinajstić information content (AvgIpc) is 3.12. The van der Waals surface area contributed by atoms with Gasteiger partial charge in [-0.3, -0.25) is 15.4 Å². The summed E-state index contributed by atoms with van der Waals surface area (Å²) < 4.78 is 0. The second kappa shape index (κ2) is 5.05. The van der Waals surface area contributed by atoms with Gasteiger partial charge in [0, 0.05) is 21.7 Å². The van der Waals surface area contributed by atoms with E-state index in [0.29, 0.717) is 0 Å². The van der Waals surface area contributed by atoms with Crippen LogP contribution in [0.3, 0.4) is 0 Å². The molecule has 7 heteroatoms. The van der Waals surface area contributed by atoms with Crippen molar-refractivity contribution in [2.24, 2.45) is 10.2 Å². The summed E-state index contributed by atoms with van der Waals surface area (Å²) >= 11 is 2.58. The number of carbonyl (C=O) groups excluding carboxylic acids is 1. The van der Waals surface area contributed by atoms with E-state index < -0.39 is 4.87 Å². The Kier molecular flexibility index (Phi) is 3.14. The molecular formula is C15H12N4OS2. The molecule has 2 aliphatic heterocycles. The van der Waals surface area contributed by atoms with Crippen molar-refractivity contribution in [2.75, 3.05) is 5.32 Å². The number of benzene rings is 2. The van der Waals surface area contributed by atoms with Crippen molar-refractivity contribution in [1.29, 1.82) is 0 Å². The summed E-state index contributed by atoms with van der Waals surface area (Å²) in [6.45, 7) is 0. The van der Waals surface area contributed by atoms with Gasteiger partial charge in [0.15, 0.2) is 0 Å². The maximum Gasteiger partial charge on any atom is 0.267 e. The summed E-state index contributed by atoms with van der Waals surface area (Å²) in [5, 5.41) is 13.7. The molecule has 0 aromatic heterocycles. The molecule has 0 saturated heterocycles. The number of hydrazone groups is 1. The smallest absolute Gasteiger partial charge is 0.267 e. The van der Waals surface area contributed by atoms with Crippen molar-refractivity contribution in [3.05, 3.63) is 59.7 Å². The predicted molar refractivity (Wildman–Crippen MR) is 90.5 cm³/mol. The molecule has 2 aliphatic rings. The number of nitrogens with one attached hydrogen (secondary N) is 2. The van der Waals surface area contributed by atoms with E-state index in [4.69, 9.17) is 5.14 Å². The number of hydrogen-bond donors (Lipinski definition) is 3. The third-order valence-corrected chi connectivity index (χ3v) is 5.51. The van der Waals surface area contributed by atoms with Crippen LogP contribution in [-0.2, 0) is 9.67 Å². The van der Waals surface area contributed by atoms with E-state index in [1.165, 1.54) is 11.8 Å². The molecule has 4 rings (SSSR count). The van der Waals surface area contributed by atoms with Crippen molar-refractivity contribution >= 4 is 40.3 Å². The van der Waals surface area contributed by atoms with Crippen LogP contribution in [0.2, 0.25) is 0 Å². The number of nitrogens with zero attached hydrogens (tertiary/aromatic N) is 1. The highest BCUT2D eigenvalue weighted by atomic mass is 32.2. The number of hydrogen-bond acceptors (Lipinski definition) is 6. The quantitative estimate of drug-likeness (QED) is 0.738. The minimum Gasteiger partial charge on any atom is -0.323 e. The standard InChI is InChI=1S/C15H12N4OS2/c16-22-10-6-7-12-11(8-10)15(14(20)17-12)19-18-13(21-15)9-4-2-1-3-5-9/h1-8,19H,16H2,(H,17,20). The molecule has 0 bridgehead atoms. The minimum atomic E-state index is -0.910. The van der Waals surface area contributed by atoms with Crippen LogP contribution in [0.5, 0.6) is 0 Å². The molecule has 0 fully saturated rings. The maximum atomic E-state index is 12.5. The van der Waals surface area contributed by atoms with E-state index >= 15 is 0 Å². The maximum absolute atomic E-state index is 12.5. The van der Waals surface area contributed by atoms with Crippen molar-refractivity contribution in [3.8, 4) is 0 Å². The number of rotatable bonds is 2. The SMILES string of the molecule is NSc1ccc2c(c1)C1(NN=C(c3ccccc3)S1)C(=O)N2. The Morgan fingerprint density at radius 3 is 2.77 bits per heavy atom. The second-order valence-electron chi connectivity index (χ2n) is 4.96. The molecule has 1 amide bonds. The van der Waals surface area contributed by atoms with Crippen LogP contribution in [0.15, 0.2) is 58.5 Å². The average molecular weight is 328 g/mol. The van der Waals surface area contributed by atoms with Crippen molar-refractivity contribution < 1.29 is 4.79 Å². The van der Waals surface area contributed by atoms with Crippen molar-refractivity contribution in [2.45, 2.75) is 9.77 Å². The molecule has 2 aromatic carbocycles. The van der Waals surface area contributed by atoms with Gasteiger partial charge >= 0.3 is 0 Å². The zero-order chi connectivity index (χ0) is 15.2. The molecule has 110 valence electrons. The molecule has 1 spiro atoms. The van der Waals surface area contributed by atoms with Crippen LogP contribution in [0.25, 0.3) is 0 Å². The fourth-order valence-electron chi connectivity index (χ4n) is 2.57. The van der Waals surface area contributed by atoms with E-state index in [2.05, 4.69) is 15.8 Å². The van der Waals surface area contributed by atoms with Crippen LogP contribution >= 0.6 is 23.7 Å². The fraction of sp³-hybridized carbons (Fsp3) is 0.0667. The summed E-state index contributed by atoms with van der Waals surface area (Å²) in [5.74, 6) is -0.110. The first-order valence-corrected chi connectivity index (χ1v) is 8.34. The highest BCUT2D eigenvalue weighted by Crippen LogP contribution is 2.48. The van der Waals surface area contributed by atoms with Crippen LogP contribution in [-0.4, -0.2) is 11.0 Å². The van der Waals surface area contributed by atoms with Gasteiger partial charge in [0.1, 0.15) is 5.04 Å². The van der Waals surface area contributed by atoms with Crippen LogP contribution in [0, 0.1) is 0 Å². The molecule has 4 N–H and O–H groups in total. The first-order valence-electron chi connectivity index (χ1n) is 6.65. The van der Waals surface area contributed by atoms with Gasteiger partial charge in [-0.25, -0.2) is 0 Å². The second-order valence-corrected chi connectivity index (χ2v) is 6.87. The van der Waals surface area contributed by atoms with E-state index in [0.717, 1.165) is 38.7 Å². The molecular weight excluding hydrogens is 316 g/mol. The lowest BCUT2D eigenvalue weighted by Gasteiger charge is -2.20. The first-order chi connectivity index (χ1) is 10.7. The Bertz CT molecular complexity index is 793. The van der Waals surface area contributed by atoms with E-state index in [1.807, 2.05) is 48.5 Å². The molecule has 1 atom stereocenters. The summed E-state index contributed by atoms with van der Waals surface area (Å²) in [7, 11) is 0. The van der Waals surface area contributed by atoms with Gasteiger partial charge in [0.25, 0.3) is 5.91 Å². The van der Waals surface area contributed by atoms with Gasteiger partial charge < -0.3 is 5.32 Å². The molecule has 5 nitrogen and oxygen atoms in total. The van der Waals surface area contributed by atoms with Gasteiger partial charge in [0.2, 0.25) is 4.87 Å². The van der Waals surface area contributed by atoms with Gasteiger partial charge in [0.05, 0.1) is 0 Å². The van der Waals surface area contributed by atoms with Crippen molar-refractivity contribution in [3.63, 3.8) is 0 Å². The highest BCUT2D eigenvalue weighted by molar-refractivity contribution is 8.16. The van der Waals surface area contributed by atoms with Gasteiger partial charge in [-0.15, -0.1) is 0 Å². The lowest BCUT2D eigenvalue weighted by Crippen LogP contribution is -2.39. The molecule has 2 heterocycles. The number of amides is 1. The Hall–Kier alpha value is -1.96.